The Morgan fingerprint density at radius 3 is 1.53 bits per heavy atom. The second-order valence-corrected chi connectivity index (χ2v) is 6.65. The molecule has 0 amide bonds. The first-order valence-corrected chi connectivity index (χ1v) is 9.12. The summed E-state index contributed by atoms with van der Waals surface area (Å²) < 4.78 is 0. The first-order chi connectivity index (χ1) is 14.4. The first-order valence-electron chi connectivity index (χ1n) is 9.12. The molecule has 3 N–H and O–H groups in total. The van der Waals surface area contributed by atoms with Crippen molar-refractivity contribution in [3.05, 3.63) is 96.1 Å². The minimum Gasteiger partial charge on any atom is -0.478 e. The van der Waals surface area contributed by atoms with Crippen molar-refractivity contribution >= 4 is 17.9 Å². The van der Waals surface area contributed by atoms with E-state index in [0.717, 1.165) is 6.42 Å². The van der Waals surface area contributed by atoms with E-state index in [-0.39, 0.29) is 38.4 Å². The van der Waals surface area contributed by atoms with Crippen LogP contribution in [0.2, 0.25) is 0 Å². The summed E-state index contributed by atoms with van der Waals surface area (Å²) >= 11 is 0. The molecule has 0 bridgehead atoms. The molecule has 0 heterocycles. The first kappa shape index (κ1) is 31.0. The Labute approximate surface area is 203 Å². The van der Waals surface area contributed by atoms with Crippen molar-refractivity contribution in [1.29, 1.82) is 0 Å². The average molecular weight is 471 g/mol. The zero-order valence-corrected chi connectivity index (χ0v) is 20.0. The van der Waals surface area contributed by atoms with Gasteiger partial charge in [0.1, 0.15) is 0 Å². The van der Waals surface area contributed by atoms with Gasteiger partial charge in [0.2, 0.25) is 0 Å². The predicted octanol–water partition coefficient (Wildman–Crippen LogP) is 5.00. The monoisotopic (exact) mass is 471 g/mol. The van der Waals surface area contributed by atoms with Crippen molar-refractivity contribution in [3.8, 4) is 11.1 Å². The topological polar surface area (TPSA) is 112 Å². The van der Waals surface area contributed by atoms with Crippen LogP contribution >= 0.6 is 0 Å². The Balaban J connectivity index is 0. The van der Waals surface area contributed by atoms with E-state index in [0.29, 0.717) is 0 Å². The molecule has 0 radical (unpaired) electrons. The molecule has 0 saturated heterocycles. The van der Waals surface area contributed by atoms with Crippen molar-refractivity contribution in [2.45, 2.75) is 27.2 Å². The molecule has 0 spiro atoms. The molecule has 0 saturated carbocycles. The number of carboxylic acids is 3. The smallest absolute Gasteiger partial charge is 0.330 e. The van der Waals surface area contributed by atoms with Gasteiger partial charge in [0.15, 0.2) is 0 Å². The number of hydrogen-bond acceptors (Lipinski definition) is 3. The third-order valence-corrected chi connectivity index (χ3v) is 3.71. The molecule has 32 heavy (non-hydrogen) atoms. The van der Waals surface area contributed by atoms with Crippen LogP contribution in [0.5, 0.6) is 0 Å². The summed E-state index contributed by atoms with van der Waals surface area (Å²) in [6, 6.07) is 18.1. The van der Waals surface area contributed by atoms with E-state index in [1.165, 1.54) is 43.0 Å². The van der Waals surface area contributed by atoms with E-state index in [9.17, 15) is 14.4 Å². The zero-order chi connectivity index (χ0) is 24.1. The molecule has 6 nitrogen and oxygen atoms in total. The fraction of sp³-hybridized carbons (Fsp3) is 0.160. The van der Waals surface area contributed by atoms with Gasteiger partial charge in [-0.1, -0.05) is 55.1 Å². The molecule has 2 aromatic rings. The summed E-state index contributed by atoms with van der Waals surface area (Å²) in [7, 11) is 0. The van der Waals surface area contributed by atoms with Crippen molar-refractivity contribution in [1.82, 2.24) is 0 Å². The number of fused-ring (bicyclic) bond motifs is 3. The van der Waals surface area contributed by atoms with Gasteiger partial charge in [0.05, 0.1) is 0 Å². The van der Waals surface area contributed by atoms with Crippen LogP contribution in [-0.2, 0) is 42.5 Å². The maximum Gasteiger partial charge on any atom is 0.330 e. The summed E-state index contributed by atoms with van der Waals surface area (Å²) in [5, 5.41) is 23.7. The Hall–Kier alpha value is -3.22. The Bertz CT molecular complexity index is 855. The Morgan fingerprint density at radius 1 is 0.750 bits per heavy atom. The molecule has 1 aliphatic carbocycles. The molecule has 2 aromatic carbocycles. The van der Waals surface area contributed by atoms with E-state index in [1.54, 1.807) is 0 Å². The van der Waals surface area contributed by atoms with E-state index in [1.807, 2.05) is 6.07 Å². The number of aliphatic carboxylic acids is 3. The predicted molar refractivity (Wildman–Crippen MR) is 121 cm³/mol. The normalized spacial score (nSPS) is 9.22. The fourth-order valence-electron chi connectivity index (χ4n) is 2.00. The average Bonchev–Trinajstić information content (AvgIpc) is 3.08. The van der Waals surface area contributed by atoms with Gasteiger partial charge in [-0.2, -0.15) is 29.8 Å². The molecule has 7 heteroatoms. The maximum atomic E-state index is 9.60. The van der Waals surface area contributed by atoms with Gasteiger partial charge >= 0.3 is 17.9 Å². The van der Waals surface area contributed by atoms with Crippen LogP contribution < -0.4 is 0 Å². The standard InChI is InChI=1S/C13H9.3C4H6O2.Ti/c1-3-7-12-10(5-1)9-11-6-2-4-8-13(11)12;3*1-3(2)4(5)6;/h1-5,7-8H,9H2;3*1H2,2H3,(H,5,6);/q-1;;;;. The summed E-state index contributed by atoms with van der Waals surface area (Å²) in [5.74, 6) is -2.81. The minimum absolute atomic E-state index is 0. The van der Waals surface area contributed by atoms with Crippen molar-refractivity contribution in [2.24, 2.45) is 0 Å². The molecule has 0 aromatic heterocycles. The van der Waals surface area contributed by atoms with Crippen molar-refractivity contribution < 1.29 is 51.4 Å². The van der Waals surface area contributed by atoms with E-state index < -0.39 is 17.9 Å². The molecule has 0 unspecified atom stereocenters. The SMILES string of the molecule is C=C(C)C(=O)O.C=C(C)C(=O)O.C=C(C)C(=O)O.[Ti].[c-]1cccc2c1Cc1ccccc1-2. The van der Waals surface area contributed by atoms with Crippen LogP contribution in [-0.4, -0.2) is 33.2 Å². The Kier molecular flexibility index (Phi) is 15.1. The van der Waals surface area contributed by atoms with E-state index >= 15 is 0 Å². The number of carbonyl (C=O) groups is 3. The van der Waals surface area contributed by atoms with Gasteiger partial charge in [-0.05, 0) is 27.2 Å². The van der Waals surface area contributed by atoms with E-state index in [4.69, 9.17) is 15.3 Å². The molecule has 3 rings (SSSR count). The molecule has 168 valence electrons. The molecular formula is C25H27O6Ti-. The molecule has 0 fully saturated rings. The van der Waals surface area contributed by atoms with Crippen molar-refractivity contribution in [2.75, 3.05) is 0 Å². The Morgan fingerprint density at radius 2 is 1.12 bits per heavy atom. The molecule has 1 aliphatic rings. The van der Waals surface area contributed by atoms with Crippen LogP contribution in [0.1, 0.15) is 31.9 Å². The second kappa shape index (κ2) is 15.6. The van der Waals surface area contributed by atoms with Gasteiger partial charge < -0.3 is 15.3 Å². The van der Waals surface area contributed by atoms with Gasteiger partial charge in [-0.25, -0.2) is 14.4 Å². The van der Waals surface area contributed by atoms with Crippen LogP contribution in [0.4, 0.5) is 0 Å². The molecule has 0 atom stereocenters. The third kappa shape index (κ3) is 11.8. The molecular weight excluding hydrogens is 444 g/mol. The van der Waals surface area contributed by atoms with Crippen LogP contribution in [0.15, 0.2) is 78.9 Å². The van der Waals surface area contributed by atoms with Gasteiger partial charge in [-0.3, -0.25) is 0 Å². The summed E-state index contributed by atoms with van der Waals surface area (Å²) in [5.41, 5.74) is 6.04. The third-order valence-electron chi connectivity index (χ3n) is 3.71. The number of hydrogen-bond donors (Lipinski definition) is 3. The quantitative estimate of drug-likeness (QED) is 0.282. The molecule has 0 aliphatic heterocycles. The van der Waals surface area contributed by atoms with Gasteiger partial charge in [-0.15, -0.1) is 5.56 Å². The fourth-order valence-corrected chi connectivity index (χ4v) is 2.00. The minimum atomic E-state index is -0.935. The van der Waals surface area contributed by atoms with Crippen LogP contribution in [0.3, 0.4) is 0 Å². The van der Waals surface area contributed by atoms with Gasteiger partial charge in [0.25, 0.3) is 0 Å². The summed E-state index contributed by atoms with van der Waals surface area (Å²) in [6.07, 6.45) is 1.05. The van der Waals surface area contributed by atoms with Crippen LogP contribution in [0.25, 0.3) is 11.1 Å². The zero-order valence-electron chi connectivity index (χ0n) is 18.4. The second-order valence-electron chi connectivity index (χ2n) is 6.65. The van der Waals surface area contributed by atoms with Crippen molar-refractivity contribution in [3.63, 3.8) is 0 Å². The number of carboxylic acid groups (broad SMARTS) is 3. The maximum absolute atomic E-state index is 9.60. The summed E-state index contributed by atoms with van der Waals surface area (Å²) in [6.45, 7) is 13.8. The largest absolute Gasteiger partial charge is 0.478 e. The number of benzene rings is 2. The number of rotatable bonds is 3. The van der Waals surface area contributed by atoms with Gasteiger partial charge in [0, 0.05) is 38.4 Å². The van der Waals surface area contributed by atoms with E-state index in [2.05, 4.69) is 62.2 Å². The van der Waals surface area contributed by atoms with Crippen LogP contribution in [0, 0.1) is 6.07 Å². The summed E-state index contributed by atoms with van der Waals surface area (Å²) in [4.78, 5) is 28.8.